The summed E-state index contributed by atoms with van der Waals surface area (Å²) < 4.78 is 0. The number of unbranched alkanes of at least 4 members (excludes halogenated alkanes) is 1. The van der Waals surface area contributed by atoms with Crippen LogP contribution >= 0.6 is 23.8 Å². The number of thiocarbonyl (C=S) groups is 1. The molecule has 0 radical (unpaired) electrons. The molecule has 0 aliphatic rings. The second-order valence-electron chi connectivity index (χ2n) is 8.29. The maximum Gasteiger partial charge on any atom is 0.257 e. The van der Waals surface area contributed by atoms with Crippen molar-refractivity contribution >= 4 is 51.6 Å². The number of hydrogen-bond donors (Lipinski definition) is 2. The van der Waals surface area contributed by atoms with Crippen LogP contribution in [-0.2, 0) is 6.42 Å². The normalized spacial score (nSPS) is 10.9. The Morgan fingerprint density at radius 2 is 1.71 bits per heavy atom. The van der Waals surface area contributed by atoms with Gasteiger partial charge in [0.05, 0.1) is 16.4 Å². The van der Waals surface area contributed by atoms with Crippen molar-refractivity contribution in [3.05, 3.63) is 81.9 Å². The Morgan fingerprint density at radius 1 is 1.00 bits per heavy atom. The maximum atomic E-state index is 12.6. The van der Waals surface area contributed by atoms with Gasteiger partial charge >= 0.3 is 0 Å². The van der Waals surface area contributed by atoms with Crippen LogP contribution in [0.25, 0.3) is 16.7 Å². The fraction of sp³-hybridized carbons (Fsp3) is 0.231. The van der Waals surface area contributed by atoms with E-state index in [1.807, 2.05) is 38.1 Å². The molecule has 3 aromatic carbocycles. The second-order valence-corrected chi connectivity index (χ2v) is 9.10. The summed E-state index contributed by atoms with van der Waals surface area (Å²) in [6, 6.07) is 17.3. The molecular weight excluding hydrogens is 466 g/mol. The highest BCUT2D eigenvalue weighted by Crippen LogP contribution is 2.27. The van der Waals surface area contributed by atoms with Crippen molar-refractivity contribution in [2.24, 2.45) is 0 Å². The van der Waals surface area contributed by atoms with E-state index in [1.165, 1.54) is 18.4 Å². The van der Waals surface area contributed by atoms with E-state index in [4.69, 9.17) is 23.8 Å². The Morgan fingerprint density at radius 3 is 2.38 bits per heavy atom. The number of nitrogens with zero attached hydrogens (tertiary/aromatic N) is 3. The lowest BCUT2D eigenvalue weighted by Crippen LogP contribution is -2.34. The number of fused-ring (bicyclic) bond motifs is 1. The van der Waals surface area contributed by atoms with Gasteiger partial charge in [-0.05, 0) is 92.0 Å². The summed E-state index contributed by atoms with van der Waals surface area (Å²) in [5.41, 5.74) is 6.74. The van der Waals surface area contributed by atoms with Gasteiger partial charge in [-0.3, -0.25) is 10.1 Å². The molecule has 2 N–H and O–H groups in total. The van der Waals surface area contributed by atoms with E-state index in [0.29, 0.717) is 27.3 Å². The molecule has 4 aromatic rings. The van der Waals surface area contributed by atoms with E-state index in [1.54, 1.807) is 23.0 Å². The fourth-order valence-corrected chi connectivity index (χ4v) is 3.95. The molecule has 6 nitrogen and oxygen atoms in total. The minimum atomic E-state index is -0.286. The lowest BCUT2D eigenvalue weighted by atomic mass is 10.1. The molecule has 1 aromatic heterocycles. The van der Waals surface area contributed by atoms with Gasteiger partial charge in [-0.15, -0.1) is 10.2 Å². The van der Waals surface area contributed by atoms with Crippen molar-refractivity contribution < 1.29 is 4.79 Å². The van der Waals surface area contributed by atoms with E-state index < -0.39 is 0 Å². The van der Waals surface area contributed by atoms with Crippen molar-refractivity contribution in [2.75, 3.05) is 5.32 Å². The number of anilines is 1. The third-order valence-electron chi connectivity index (χ3n) is 5.70. The molecule has 0 bridgehead atoms. The standard InChI is InChI=1S/C26H26ClN5OS/c1-4-5-6-18-8-11-20(12-9-18)32-30-23-14-21(27)22(15-24(23)31-32)28-26(34)29-25(33)19-10-7-16(2)17(3)13-19/h7-15H,4-6H2,1-3H3,(H2,28,29,33,34). The molecule has 174 valence electrons. The highest BCUT2D eigenvalue weighted by molar-refractivity contribution is 7.80. The van der Waals surface area contributed by atoms with Crippen LogP contribution in [0, 0.1) is 13.8 Å². The number of nitrogens with one attached hydrogen (secondary N) is 2. The summed E-state index contributed by atoms with van der Waals surface area (Å²) >= 11 is 11.8. The second kappa shape index (κ2) is 10.3. The van der Waals surface area contributed by atoms with Gasteiger partial charge < -0.3 is 5.32 Å². The Bertz CT molecular complexity index is 1360. The maximum absolute atomic E-state index is 12.6. The molecule has 0 saturated carbocycles. The van der Waals surface area contributed by atoms with E-state index in [9.17, 15) is 4.79 Å². The first kappa shape index (κ1) is 23.9. The first-order chi connectivity index (χ1) is 16.3. The van der Waals surface area contributed by atoms with Gasteiger partial charge in [0.2, 0.25) is 0 Å². The molecule has 0 unspecified atom stereocenters. The van der Waals surface area contributed by atoms with Gasteiger partial charge in [-0.1, -0.05) is 43.1 Å². The molecular formula is C26H26ClN5OS. The average molecular weight is 492 g/mol. The number of carbonyl (C=O) groups is 1. The third kappa shape index (κ3) is 5.43. The van der Waals surface area contributed by atoms with Crippen molar-refractivity contribution in [3.63, 3.8) is 0 Å². The molecule has 1 amide bonds. The Kier molecular flexibility index (Phi) is 7.24. The molecule has 0 aliphatic carbocycles. The number of rotatable bonds is 6. The summed E-state index contributed by atoms with van der Waals surface area (Å²) in [5.74, 6) is -0.286. The minimum Gasteiger partial charge on any atom is -0.331 e. The number of aryl methyl sites for hydroxylation is 3. The first-order valence-corrected chi connectivity index (χ1v) is 12.0. The van der Waals surface area contributed by atoms with Crippen LogP contribution in [0.4, 0.5) is 5.69 Å². The number of carbonyl (C=O) groups excluding carboxylic acids is 1. The molecule has 8 heteroatoms. The van der Waals surface area contributed by atoms with Crippen molar-refractivity contribution in [2.45, 2.75) is 40.0 Å². The smallest absolute Gasteiger partial charge is 0.257 e. The van der Waals surface area contributed by atoms with Gasteiger partial charge in [-0.2, -0.15) is 4.80 Å². The topological polar surface area (TPSA) is 71.8 Å². The average Bonchev–Trinajstić information content (AvgIpc) is 3.22. The van der Waals surface area contributed by atoms with Crippen LogP contribution in [0.2, 0.25) is 5.02 Å². The monoisotopic (exact) mass is 491 g/mol. The number of benzene rings is 3. The Balaban J connectivity index is 1.48. The van der Waals surface area contributed by atoms with Crippen LogP contribution in [0.1, 0.15) is 46.8 Å². The molecule has 0 atom stereocenters. The highest BCUT2D eigenvalue weighted by Gasteiger charge is 2.13. The van der Waals surface area contributed by atoms with Crippen molar-refractivity contribution in [3.8, 4) is 5.69 Å². The lowest BCUT2D eigenvalue weighted by molar-refractivity contribution is 0.0977. The molecule has 0 saturated heterocycles. The lowest BCUT2D eigenvalue weighted by Gasteiger charge is -2.11. The van der Waals surface area contributed by atoms with Crippen LogP contribution in [0.15, 0.2) is 54.6 Å². The fourth-order valence-electron chi connectivity index (χ4n) is 3.54. The Hall–Kier alpha value is -3.29. The van der Waals surface area contributed by atoms with E-state index >= 15 is 0 Å². The molecule has 34 heavy (non-hydrogen) atoms. The molecule has 4 rings (SSSR count). The number of hydrogen-bond acceptors (Lipinski definition) is 4. The molecule has 0 aliphatic heterocycles. The molecule has 1 heterocycles. The number of aromatic nitrogens is 3. The Labute approximate surface area is 209 Å². The van der Waals surface area contributed by atoms with Gasteiger partial charge in [0, 0.05) is 5.56 Å². The quantitative estimate of drug-likeness (QED) is 0.316. The highest BCUT2D eigenvalue weighted by atomic mass is 35.5. The predicted octanol–water partition coefficient (Wildman–Crippen LogP) is 6.16. The number of amides is 1. The largest absolute Gasteiger partial charge is 0.331 e. The zero-order valence-electron chi connectivity index (χ0n) is 19.4. The third-order valence-corrected chi connectivity index (χ3v) is 6.22. The van der Waals surface area contributed by atoms with Crippen LogP contribution in [-0.4, -0.2) is 26.0 Å². The summed E-state index contributed by atoms with van der Waals surface area (Å²) in [7, 11) is 0. The van der Waals surface area contributed by atoms with E-state index in [2.05, 4.69) is 39.9 Å². The minimum absolute atomic E-state index is 0.152. The van der Waals surface area contributed by atoms with Crippen LogP contribution in [0.5, 0.6) is 0 Å². The zero-order valence-corrected chi connectivity index (χ0v) is 20.9. The van der Waals surface area contributed by atoms with Crippen LogP contribution < -0.4 is 10.6 Å². The summed E-state index contributed by atoms with van der Waals surface area (Å²) in [6.45, 7) is 6.15. The SMILES string of the molecule is CCCCc1ccc(-n2nc3cc(Cl)c(NC(=S)NC(=O)c4ccc(C)c(C)c4)cc3n2)cc1. The van der Waals surface area contributed by atoms with Gasteiger partial charge in [0.1, 0.15) is 11.0 Å². The predicted molar refractivity (Wildman–Crippen MR) is 142 cm³/mol. The van der Waals surface area contributed by atoms with Gasteiger partial charge in [-0.25, -0.2) is 0 Å². The molecule has 0 spiro atoms. The first-order valence-electron chi connectivity index (χ1n) is 11.2. The summed E-state index contributed by atoms with van der Waals surface area (Å²) in [6.07, 6.45) is 3.41. The zero-order chi connectivity index (χ0) is 24.2. The van der Waals surface area contributed by atoms with Crippen molar-refractivity contribution in [1.29, 1.82) is 0 Å². The van der Waals surface area contributed by atoms with Crippen LogP contribution in [0.3, 0.4) is 0 Å². The molecule has 0 fully saturated rings. The summed E-state index contributed by atoms with van der Waals surface area (Å²) in [5, 5.41) is 15.4. The summed E-state index contributed by atoms with van der Waals surface area (Å²) in [4.78, 5) is 14.1. The van der Waals surface area contributed by atoms with Gasteiger partial charge in [0.25, 0.3) is 5.91 Å². The van der Waals surface area contributed by atoms with E-state index in [0.717, 1.165) is 23.2 Å². The van der Waals surface area contributed by atoms with E-state index in [-0.39, 0.29) is 11.0 Å². The number of halogens is 1. The van der Waals surface area contributed by atoms with Crippen molar-refractivity contribution in [1.82, 2.24) is 20.3 Å². The van der Waals surface area contributed by atoms with Gasteiger partial charge in [0.15, 0.2) is 5.11 Å².